The van der Waals surface area contributed by atoms with Gasteiger partial charge in [-0.15, -0.1) is 6.58 Å². The van der Waals surface area contributed by atoms with Gasteiger partial charge >= 0.3 is 6.09 Å². The van der Waals surface area contributed by atoms with Crippen LogP contribution >= 0.6 is 15.9 Å². The first-order valence-corrected chi connectivity index (χ1v) is 8.85. The number of fused-ring (bicyclic) bond motifs is 1. The van der Waals surface area contributed by atoms with Crippen LogP contribution in [-0.4, -0.2) is 17.5 Å². The summed E-state index contributed by atoms with van der Waals surface area (Å²) < 4.78 is 6.59. The van der Waals surface area contributed by atoms with Crippen molar-refractivity contribution in [3.63, 3.8) is 0 Å². The van der Waals surface area contributed by atoms with Crippen LogP contribution in [0.1, 0.15) is 29.2 Å². The average molecular weight is 386 g/mol. The maximum Gasteiger partial charge on any atom is 0.410 e. The average Bonchev–Trinajstić information content (AvgIpc) is 2.61. The van der Waals surface area contributed by atoms with Gasteiger partial charge in [-0.25, -0.2) is 4.79 Å². The first-order chi connectivity index (χ1) is 11.7. The molecule has 3 nitrogen and oxygen atoms in total. The molecular formula is C20H20BrNO2. The number of amides is 1. The Kier molecular flexibility index (Phi) is 5.36. The molecule has 0 bridgehead atoms. The summed E-state index contributed by atoms with van der Waals surface area (Å²) in [5.74, 6) is 0. The summed E-state index contributed by atoms with van der Waals surface area (Å²) in [6.45, 7) is 4.80. The molecule has 0 saturated heterocycles. The molecule has 2 aromatic carbocycles. The third kappa shape index (κ3) is 3.70. The molecular weight excluding hydrogens is 366 g/mol. The molecule has 1 heterocycles. The lowest BCUT2D eigenvalue weighted by Gasteiger charge is -2.36. The molecule has 0 fully saturated rings. The first-order valence-electron chi connectivity index (χ1n) is 8.05. The SMILES string of the molecule is C=CCC1c2ccc(Br)cc2CCN1C(=O)OCc1ccccc1. The van der Waals surface area contributed by atoms with E-state index >= 15 is 0 Å². The van der Waals surface area contributed by atoms with Crippen molar-refractivity contribution in [2.24, 2.45) is 0 Å². The Morgan fingerprint density at radius 2 is 2.08 bits per heavy atom. The first kappa shape index (κ1) is 16.8. The summed E-state index contributed by atoms with van der Waals surface area (Å²) >= 11 is 3.52. The zero-order valence-electron chi connectivity index (χ0n) is 13.5. The molecule has 0 saturated carbocycles. The van der Waals surface area contributed by atoms with E-state index in [-0.39, 0.29) is 12.1 Å². The van der Waals surface area contributed by atoms with E-state index in [1.165, 1.54) is 11.1 Å². The minimum absolute atomic E-state index is 0.0115. The van der Waals surface area contributed by atoms with E-state index in [9.17, 15) is 4.79 Å². The van der Waals surface area contributed by atoms with E-state index < -0.39 is 0 Å². The fraction of sp³-hybridized carbons (Fsp3) is 0.250. The van der Waals surface area contributed by atoms with Gasteiger partial charge in [0, 0.05) is 11.0 Å². The molecule has 1 unspecified atom stereocenters. The lowest BCUT2D eigenvalue weighted by molar-refractivity contribution is 0.0774. The van der Waals surface area contributed by atoms with Crippen molar-refractivity contribution in [1.29, 1.82) is 0 Å². The molecule has 0 aromatic heterocycles. The van der Waals surface area contributed by atoms with Crippen molar-refractivity contribution in [3.05, 3.63) is 82.3 Å². The predicted octanol–water partition coefficient (Wildman–Crippen LogP) is 5.26. The molecule has 3 rings (SSSR count). The molecule has 1 aliphatic rings. The summed E-state index contributed by atoms with van der Waals surface area (Å²) in [4.78, 5) is 14.4. The number of ether oxygens (including phenoxy) is 1. The molecule has 4 heteroatoms. The molecule has 1 atom stereocenters. The maximum absolute atomic E-state index is 12.6. The van der Waals surface area contributed by atoms with E-state index in [1.54, 1.807) is 0 Å². The Bertz CT molecular complexity index is 730. The highest BCUT2D eigenvalue weighted by Gasteiger charge is 2.31. The number of halogens is 1. The van der Waals surface area contributed by atoms with Gasteiger partial charge in [-0.2, -0.15) is 0 Å². The van der Waals surface area contributed by atoms with Gasteiger partial charge in [0.05, 0.1) is 6.04 Å². The highest BCUT2D eigenvalue weighted by atomic mass is 79.9. The highest BCUT2D eigenvalue weighted by Crippen LogP contribution is 2.34. The number of benzene rings is 2. The Morgan fingerprint density at radius 1 is 1.29 bits per heavy atom. The van der Waals surface area contributed by atoms with Crippen LogP contribution in [0.4, 0.5) is 4.79 Å². The number of hydrogen-bond donors (Lipinski definition) is 0. The van der Waals surface area contributed by atoms with Crippen LogP contribution in [0.5, 0.6) is 0 Å². The summed E-state index contributed by atoms with van der Waals surface area (Å²) in [5, 5.41) is 0. The molecule has 2 aromatic rings. The number of hydrogen-bond acceptors (Lipinski definition) is 2. The Morgan fingerprint density at radius 3 is 2.83 bits per heavy atom. The molecule has 0 radical (unpaired) electrons. The second-order valence-electron chi connectivity index (χ2n) is 5.87. The van der Waals surface area contributed by atoms with Crippen LogP contribution in [0.2, 0.25) is 0 Å². The number of carbonyl (C=O) groups excluding carboxylic acids is 1. The number of rotatable bonds is 4. The second-order valence-corrected chi connectivity index (χ2v) is 6.78. The fourth-order valence-corrected chi connectivity index (χ4v) is 3.52. The number of carbonyl (C=O) groups is 1. The van der Waals surface area contributed by atoms with Gasteiger partial charge in [-0.3, -0.25) is 0 Å². The standard InChI is InChI=1S/C20H20BrNO2/c1-2-6-19-18-10-9-17(21)13-16(18)11-12-22(19)20(23)24-14-15-7-4-3-5-8-15/h2-5,7-10,13,19H,1,6,11-12,14H2. The van der Waals surface area contributed by atoms with Crippen LogP contribution in [0.3, 0.4) is 0 Å². The van der Waals surface area contributed by atoms with Crippen molar-refractivity contribution < 1.29 is 9.53 Å². The lowest BCUT2D eigenvalue weighted by atomic mass is 9.91. The van der Waals surface area contributed by atoms with Gasteiger partial charge in [-0.1, -0.05) is 58.4 Å². The summed E-state index contributed by atoms with van der Waals surface area (Å²) in [6.07, 6.45) is 3.15. The molecule has 24 heavy (non-hydrogen) atoms. The van der Waals surface area contributed by atoms with Gasteiger partial charge in [0.25, 0.3) is 0 Å². The van der Waals surface area contributed by atoms with Crippen molar-refractivity contribution in [1.82, 2.24) is 4.90 Å². The largest absolute Gasteiger partial charge is 0.445 e. The van der Waals surface area contributed by atoms with Crippen LogP contribution < -0.4 is 0 Å². The molecule has 0 spiro atoms. The van der Waals surface area contributed by atoms with Crippen LogP contribution in [0, 0.1) is 0 Å². The minimum Gasteiger partial charge on any atom is -0.445 e. The van der Waals surface area contributed by atoms with Crippen molar-refractivity contribution in [2.75, 3.05) is 6.54 Å². The monoisotopic (exact) mass is 385 g/mol. The zero-order chi connectivity index (χ0) is 16.9. The van der Waals surface area contributed by atoms with Crippen LogP contribution in [0.25, 0.3) is 0 Å². The van der Waals surface area contributed by atoms with Crippen LogP contribution in [0.15, 0.2) is 65.7 Å². The summed E-state index contributed by atoms with van der Waals surface area (Å²) in [7, 11) is 0. The van der Waals surface area contributed by atoms with E-state index in [1.807, 2.05) is 47.4 Å². The summed E-state index contributed by atoms with van der Waals surface area (Å²) in [6, 6.07) is 16.0. The molecule has 0 aliphatic carbocycles. The normalized spacial score (nSPS) is 16.4. The molecule has 1 amide bonds. The lowest BCUT2D eigenvalue weighted by Crippen LogP contribution is -2.40. The van der Waals surface area contributed by atoms with Gasteiger partial charge in [0.2, 0.25) is 0 Å². The smallest absolute Gasteiger partial charge is 0.410 e. The number of nitrogens with zero attached hydrogens (tertiary/aromatic N) is 1. The van der Waals surface area contributed by atoms with E-state index in [0.717, 1.165) is 22.9 Å². The van der Waals surface area contributed by atoms with Gasteiger partial charge < -0.3 is 9.64 Å². The van der Waals surface area contributed by atoms with E-state index in [0.29, 0.717) is 13.2 Å². The molecule has 1 aliphatic heterocycles. The fourth-order valence-electron chi connectivity index (χ4n) is 3.11. The third-order valence-corrected chi connectivity index (χ3v) is 4.79. The molecule has 0 N–H and O–H groups in total. The van der Waals surface area contributed by atoms with Crippen molar-refractivity contribution in [3.8, 4) is 0 Å². The Labute approximate surface area is 151 Å². The second kappa shape index (κ2) is 7.67. The van der Waals surface area contributed by atoms with Crippen molar-refractivity contribution in [2.45, 2.75) is 25.5 Å². The zero-order valence-corrected chi connectivity index (χ0v) is 15.0. The Hall–Kier alpha value is -2.07. The van der Waals surface area contributed by atoms with Crippen LogP contribution in [-0.2, 0) is 17.8 Å². The highest BCUT2D eigenvalue weighted by molar-refractivity contribution is 9.10. The van der Waals surface area contributed by atoms with E-state index in [4.69, 9.17) is 4.74 Å². The summed E-state index contributed by atoms with van der Waals surface area (Å²) in [5.41, 5.74) is 3.46. The molecule has 124 valence electrons. The van der Waals surface area contributed by atoms with Gasteiger partial charge in [0.15, 0.2) is 0 Å². The quantitative estimate of drug-likeness (QED) is 0.671. The third-order valence-electron chi connectivity index (χ3n) is 4.29. The minimum atomic E-state index is -0.265. The van der Waals surface area contributed by atoms with Crippen molar-refractivity contribution >= 4 is 22.0 Å². The van der Waals surface area contributed by atoms with Gasteiger partial charge in [-0.05, 0) is 41.7 Å². The van der Waals surface area contributed by atoms with E-state index in [2.05, 4.69) is 34.6 Å². The predicted molar refractivity (Wildman–Crippen MR) is 98.7 cm³/mol. The topological polar surface area (TPSA) is 29.5 Å². The maximum atomic E-state index is 12.6. The Balaban J connectivity index is 1.75. The van der Waals surface area contributed by atoms with Gasteiger partial charge in [0.1, 0.15) is 6.61 Å².